The predicted molar refractivity (Wildman–Crippen MR) is 69.4 cm³/mol. The van der Waals surface area contributed by atoms with Gasteiger partial charge in [0.1, 0.15) is 0 Å². The maximum atomic E-state index is 9.43. The lowest BCUT2D eigenvalue weighted by Gasteiger charge is -2.38. The monoisotopic (exact) mass is 255 g/mol. The summed E-state index contributed by atoms with van der Waals surface area (Å²) < 4.78 is 0. The number of hydrogen-bond acceptors (Lipinski definition) is 3. The molecule has 94 valence electrons. The van der Waals surface area contributed by atoms with Crippen LogP contribution in [0, 0.1) is 0 Å². The zero-order valence-electron chi connectivity index (χ0n) is 9.77. The summed E-state index contributed by atoms with van der Waals surface area (Å²) in [5, 5.41) is 19.5. The largest absolute Gasteiger partial charge is 0.394 e. The molecule has 0 aromatic heterocycles. The molecule has 1 heterocycles. The van der Waals surface area contributed by atoms with Crippen LogP contribution in [-0.4, -0.2) is 29.4 Å². The Hall–Kier alpha value is -0.770. The Morgan fingerprint density at radius 2 is 2.12 bits per heavy atom. The van der Waals surface area contributed by atoms with Gasteiger partial charge in [0, 0.05) is 12.1 Å². The Morgan fingerprint density at radius 1 is 1.29 bits per heavy atom. The number of nitrogens with zero attached hydrogens (tertiary/aromatic N) is 1. The van der Waals surface area contributed by atoms with Crippen LogP contribution in [0.1, 0.15) is 24.8 Å². The van der Waals surface area contributed by atoms with Crippen molar-refractivity contribution in [2.75, 3.05) is 18.1 Å². The number of rotatable bonds is 3. The van der Waals surface area contributed by atoms with Crippen LogP contribution < -0.4 is 4.90 Å². The lowest BCUT2D eigenvalue weighted by molar-refractivity contribution is 0.238. The van der Waals surface area contributed by atoms with Crippen molar-refractivity contribution in [3.05, 3.63) is 28.8 Å². The molecular weight excluding hydrogens is 238 g/mol. The van der Waals surface area contributed by atoms with Crippen molar-refractivity contribution in [3.63, 3.8) is 0 Å². The fourth-order valence-corrected chi connectivity index (χ4v) is 2.80. The second-order valence-electron chi connectivity index (χ2n) is 4.43. The maximum absolute atomic E-state index is 9.43. The van der Waals surface area contributed by atoms with Gasteiger partial charge in [0.05, 0.1) is 30.0 Å². The highest BCUT2D eigenvalue weighted by Gasteiger charge is 2.25. The molecule has 2 N–H and O–H groups in total. The Bertz CT molecular complexity index is 384. The summed E-state index contributed by atoms with van der Waals surface area (Å²) in [6, 6.07) is 5.67. The minimum absolute atomic E-state index is 0.0233. The van der Waals surface area contributed by atoms with Gasteiger partial charge in [0.2, 0.25) is 0 Å². The molecule has 17 heavy (non-hydrogen) atoms. The van der Waals surface area contributed by atoms with Crippen molar-refractivity contribution in [2.24, 2.45) is 0 Å². The van der Waals surface area contributed by atoms with Gasteiger partial charge in [-0.1, -0.05) is 23.7 Å². The molecule has 0 bridgehead atoms. The molecule has 1 atom stereocenters. The summed E-state index contributed by atoms with van der Waals surface area (Å²) in [7, 11) is 0. The van der Waals surface area contributed by atoms with Crippen molar-refractivity contribution >= 4 is 17.3 Å². The van der Waals surface area contributed by atoms with E-state index < -0.39 is 0 Å². The third-order valence-corrected chi connectivity index (χ3v) is 3.67. The topological polar surface area (TPSA) is 43.7 Å². The molecule has 0 saturated carbocycles. The zero-order chi connectivity index (χ0) is 12.3. The van der Waals surface area contributed by atoms with Gasteiger partial charge in [-0.2, -0.15) is 0 Å². The SMILES string of the molecule is OCc1cccc(Cl)c1N1CCCCC1CO. The number of halogens is 1. The van der Waals surface area contributed by atoms with E-state index in [1.54, 1.807) is 0 Å². The van der Waals surface area contributed by atoms with Gasteiger partial charge in [-0.05, 0) is 25.3 Å². The summed E-state index contributed by atoms with van der Waals surface area (Å²) in [5.74, 6) is 0. The van der Waals surface area contributed by atoms with Gasteiger partial charge >= 0.3 is 0 Å². The van der Waals surface area contributed by atoms with Crippen LogP contribution in [0.5, 0.6) is 0 Å². The van der Waals surface area contributed by atoms with E-state index in [4.69, 9.17) is 11.6 Å². The Balaban J connectivity index is 2.36. The van der Waals surface area contributed by atoms with Crippen molar-refractivity contribution in [1.29, 1.82) is 0 Å². The first-order valence-electron chi connectivity index (χ1n) is 6.03. The van der Waals surface area contributed by atoms with Crippen molar-refractivity contribution in [3.8, 4) is 0 Å². The van der Waals surface area contributed by atoms with Crippen LogP contribution in [0.25, 0.3) is 0 Å². The fourth-order valence-electron chi connectivity index (χ4n) is 2.49. The average molecular weight is 256 g/mol. The zero-order valence-corrected chi connectivity index (χ0v) is 10.5. The molecule has 1 aromatic carbocycles. The number of hydrogen-bond donors (Lipinski definition) is 2. The lowest BCUT2D eigenvalue weighted by Crippen LogP contribution is -2.42. The molecule has 3 nitrogen and oxygen atoms in total. The number of piperidine rings is 1. The first kappa shape index (κ1) is 12.7. The molecule has 2 rings (SSSR count). The average Bonchev–Trinajstić information content (AvgIpc) is 2.38. The van der Waals surface area contributed by atoms with Crippen LogP contribution in [-0.2, 0) is 6.61 Å². The van der Waals surface area contributed by atoms with Crippen LogP contribution in [0.3, 0.4) is 0 Å². The minimum Gasteiger partial charge on any atom is -0.394 e. The van der Waals surface area contributed by atoms with Crippen LogP contribution in [0.2, 0.25) is 5.02 Å². The molecule has 1 unspecified atom stereocenters. The molecular formula is C13H18ClNO2. The summed E-state index contributed by atoms with van der Waals surface area (Å²) >= 11 is 6.23. The highest BCUT2D eigenvalue weighted by Crippen LogP contribution is 2.34. The van der Waals surface area contributed by atoms with E-state index in [1.807, 2.05) is 18.2 Å². The summed E-state index contributed by atoms with van der Waals surface area (Å²) in [6.45, 7) is 1.00. The van der Waals surface area contributed by atoms with Gasteiger partial charge in [0.25, 0.3) is 0 Å². The molecule has 4 heteroatoms. The molecule has 0 aliphatic carbocycles. The highest BCUT2D eigenvalue weighted by molar-refractivity contribution is 6.33. The summed E-state index contributed by atoms with van der Waals surface area (Å²) in [4.78, 5) is 2.14. The molecule has 1 saturated heterocycles. The molecule has 0 radical (unpaired) electrons. The van der Waals surface area contributed by atoms with Gasteiger partial charge in [-0.25, -0.2) is 0 Å². The number of benzene rings is 1. The van der Waals surface area contributed by atoms with E-state index >= 15 is 0 Å². The maximum Gasteiger partial charge on any atom is 0.0702 e. The van der Waals surface area contributed by atoms with Crippen molar-refractivity contribution in [1.82, 2.24) is 0 Å². The lowest BCUT2D eigenvalue weighted by atomic mass is 10.0. The van der Waals surface area contributed by atoms with E-state index in [0.29, 0.717) is 5.02 Å². The Morgan fingerprint density at radius 3 is 2.82 bits per heavy atom. The highest BCUT2D eigenvalue weighted by atomic mass is 35.5. The van der Waals surface area contributed by atoms with E-state index in [-0.39, 0.29) is 19.3 Å². The predicted octanol–water partition coefficient (Wildman–Crippen LogP) is 2.18. The smallest absolute Gasteiger partial charge is 0.0702 e. The number of anilines is 1. The van der Waals surface area contributed by atoms with Gasteiger partial charge in [0.15, 0.2) is 0 Å². The van der Waals surface area contributed by atoms with Crippen LogP contribution in [0.4, 0.5) is 5.69 Å². The van der Waals surface area contributed by atoms with Crippen molar-refractivity contribution < 1.29 is 10.2 Å². The molecule has 1 aromatic rings. The third-order valence-electron chi connectivity index (χ3n) is 3.37. The van der Waals surface area contributed by atoms with Crippen molar-refractivity contribution in [2.45, 2.75) is 31.9 Å². The fraction of sp³-hybridized carbons (Fsp3) is 0.538. The van der Waals surface area contributed by atoms with Crippen LogP contribution in [0.15, 0.2) is 18.2 Å². The quantitative estimate of drug-likeness (QED) is 0.870. The van der Waals surface area contributed by atoms with E-state index in [9.17, 15) is 10.2 Å². The first-order valence-corrected chi connectivity index (χ1v) is 6.41. The normalized spacial score (nSPS) is 20.6. The second-order valence-corrected chi connectivity index (χ2v) is 4.84. The molecule has 1 fully saturated rings. The van der Waals surface area contributed by atoms with E-state index in [0.717, 1.165) is 37.1 Å². The Kier molecular flexibility index (Phi) is 4.26. The Labute approximate surface area is 107 Å². The van der Waals surface area contributed by atoms with Gasteiger partial charge < -0.3 is 15.1 Å². The number of aliphatic hydroxyl groups excluding tert-OH is 2. The van der Waals surface area contributed by atoms with Gasteiger partial charge in [-0.15, -0.1) is 0 Å². The molecule has 1 aliphatic rings. The second kappa shape index (κ2) is 5.71. The summed E-state index contributed by atoms with van der Waals surface area (Å²) in [5.41, 5.74) is 1.72. The third kappa shape index (κ3) is 2.57. The molecule has 1 aliphatic heterocycles. The van der Waals surface area contributed by atoms with Crippen LogP contribution >= 0.6 is 11.6 Å². The molecule has 0 amide bonds. The number of para-hydroxylation sites is 1. The van der Waals surface area contributed by atoms with E-state index in [1.165, 1.54) is 0 Å². The standard InChI is InChI=1S/C13H18ClNO2/c14-12-6-3-4-10(8-16)13(12)15-7-2-1-5-11(15)9-17/h3-4,6,11,16-17H,1-2,5,7-9H2. The molecule has 0 spiro atoms. The minimum atomic E-state index is -0.0233. The summed E-state index contributed by atoms with van der Waals surface area (Å²) in [6.07, 6.45) is 3.22. The van der Waals surface area contributed by atoms with E-state index in [2.05, 4.69) is 4.90 Å². The first-order chi connectivity index (χ1) is 8.27. The number of aliphatic hydroxyl groups is 2. The van der Waals surface area contributed by atoms with Gasteiger partial charge in [-0.3, -0.25) is 0 Å².